The van der Waals surface area contributed by atoms with E-state index in [-0.39, 0.29) is 5.91 Å². The van der Waals surface area contributed by atoms with Crippen molar-refractivity contribution in [1.82, 2.24) is 5.32 Å². The molecular weight excluding hydrogens is 344 g/mol. The second-order valence-electron chi connectivity index (χ2n) is 5.91. The first-order valence-corrected chi connectivity index (χ1v) is 8.67. The first-order valence-electron chi connectivity index (χ1n) is 8.67. The van der Waals surface area contributed by atoms with E-state index in [2.05, 4.69) is 10.3 Å². The van der Waals surface area contributed by atoms with Crippen molar-refractivity contribution < 1.29 is 19.0 Å². The van der Waals surface area contributed by atoms with E-state index in [1.807, 2.05) is 49.4 Å². The lowest BCUT2D eigenvalue weighted by Crippen LogP contribution is -2.25. The number of methoxy groups -OCH3 is 2. The molecule has 0 saturated heterocycles. The molecule has 0 fully saturated rings. The number of hydrogen-bond donors (Lipinski definition) is 1. The Morgan fingerprint density at radius 2 is 1.78 bits per heavy atom. The van der Waals surface area contributed by atoms with Gasteiger partial charge in [-0.25, -0.2) is 4.99 Å². The Morgan fingerprint density at radius 1 is 1.04 bits per heavy atom. The van der Waals surface area contributed by atoms with Crippen molar-refractivity contribution in [2.24, 2.45) is 4.99 Å². The van der Waals surface area contributed by atoms with Gasteiger partial charge < -0.3 is 19.5 Å². The number of benzene rings is 2. The van der Waals surface area contributed by atoms with Crippen molar-refractivity contribution in [3.63, 3.8) is 0 Å². The minimum Gasteiger partial charge on any atom is -0.494 e. The highest BCUT2D eigenvalue weighted by Crippen LogP contribution is 2.28. The van der Waals surface area contributed by atoms with Crippen LogP contribution >= 0.6 is 0 Å². The highest BCUT2D eigenvalue weighted by atomic mass is 16.5. The monoisotopic (exact) mass is 366 g/mol. The molecule has 1 aliphatic heterocycles. The zero-order chi connectivity index (χ0) is 19.2. The minimum absolute atomic E-state index is 0.209. The van der Waals surface area contributed by atoms with Gasteiger partial charge in [0.2, 0.25) is 0 Å². The molecule has 1 amide bonds. The molecule has 0 spiro atoms. The van der Waals surface area contributed by atoms with E-state index < -0.39 is 0 Å². The molecule has 0 unspecified atom stereocenters. The van der Waals surface area contributed by atoms with E-state index in [0.29, 0.717) is 36.1 Å². The highest BCUT2D eigenvalue weighted by molar-refractivity contribution is 6.14. The van der Waals surface area contributed by atoms with Crippen molar-refractivity contribution in [2.75, 3.05) is 20.8 Å². The molecule has 0 atom stereocenters. The summed E-state index contributed by atoms with van der Waals surface area (Å²) < 4.78 is 16.0. The summed E-state index contributed by atoms with van der Waals surface area (Å²) in [5, 5.41) is 2.82. The third kappa shape index (κ3) is 4.47. The van der Waals surface area contributed by atoms with Crippen LogP contribution in [0.2, 0.25) is 0 Å². The molecule has 0 aliphatic carbocycles. The van der Waals surface area contributed by atoms with Crippen molar-refractivity contribution in [1.29, 1.82) is 0 Å². The summed E-state index contributed by atoms with van der Waals surface area (Å²) in [6.07, 6.45) is 2.25. The van der Waals surface area contributed by atoms with Crippen LogP contribution in [0.3, 0.4) is 0 Å². The first kappa shape index (κ1) is 18.5. The molecule has 3 rings (SSSR count). The molecule has 0 aromatic heterocycles. The normalized spacial score (nSPS) is 14.7. The van der Waals surface area contributed by atoms with Crippen molar-refractivity contribution in [2.45, 2.75) is 13.3 Å². The van der Waals surface area contributed by atoms with Gasteiger partial charge in [0.15, 0.2) is 11.5 Å². The summed E-state index contributed by atoms with van der Waals surface area (Å²) in [4.78, 5) is 16.6. The van der Waals surface area contributed by atoms with Crippen molar-refractivity contribution >= 4 is 17.8 Å². The Labute approximate surface area is 158 Å². The number of hydrogen-bond acceptors (Lipinski definition) is 5. The van der Waals surface area contributed by atoms with Crippen LogP contribution in [0.5, 0.6) is 17.2 Å². The average Bonchev–Trinajstić information content (AvgIpc) is 3.02. The first-order chi connectivity index (χ1) is 13.1. The molecular formula is C21H22N2O4. The summed E-state index contributed by atoms with van der Waals surface area (Å²) in [6, 6.07) is 13.2. The fourth-order valence-electron chi connectivity index (χ4n) is 2.77. The van der Waals surface area contributed by atoms with Crippen LogP contribution < -0.4 is 19.5 Å². The van der Waals surface area contributed by atoms with Crippen LogP contribution in [0.15, 0.2) is 53.2 Å². The molecule has 1 heterocycles. The van der Waals surface area contributed by atoms with Crippen molar-refractivity contribution in [3.8, 4) is 17.2 Å². The van der Waals surface area contributed by atoms with E-state index in [0.717, 1.165) is 16.9 Å². The predicted octanol–water partition coefficient (Wildman–Crippen LogP) is 3.21. The molecule has 1 aliphatic rings. The van der Waals surface area contributed by atoms with Crippen molar-refractivity contribution in [3.05, 3.63) is 59.3 Å². The average molecular weight is 366 g/mol. The van der Waals surface area contributed by atoms with Gasteiger partial charge in [-0.1, -0.05) is 18.2 Å². The maximum Gasteiger partial charge on any atom is 0.275 e. The molecule has 1 N–H and O–H groups in total. The Morgan fingerprint density at radius 3 is 2.44 bits per heavy atom. The number of carbonyl (C=O) groups excluding carboxylic acids is 1. The van der Waals surface area contributed by atoms with E-state index in [1.54, 1.807) is 20.3 Å². The lowest BCUT2D eigenvalue weighted by atomic mass is 10.1. The molecule has 6 nitrogen and oxygen atoms in total. The Bertz CT molecular complexity index is 886. The van der Waals surface area contributed by atoms with Gasteiger partial charge >= 0.3 is 0 Å². The number of aliphatic imine (C=N–C) groups is 1. The second-order valence-corrected chi connectivity index (χ2v) is 5.91. The lowest BCUT2D eigenvalue weighted by molar-refractivity contribution is -0.115. The summed E-state index contributed by atoms with van der Waals surface area (Å²) >= 11 is 0. The number of ether oxygens (including phenoxy) is 3. The molecule has 140 valence electrons. The van der Waals surface area contributed by atoms with Gasteiger partial charge in [0.25, 0.3) is 5.91 Å². The summed E-state index contributed by atoms with van der Waals surface area (Å²) in [7, 11) is 3.19. The van der Waals surface area contributed by atoms with E-state index in [1.165, 1.54) is 0 Å². The summed E-state index contributed by atoms with van der Waals surface area (Å²) in [5.41, 5.74) is 2.24. The van der Waals surface area contributed by atoms with Crippen LogP contribution in [-0.2, 0) is 11.2 Å². The molecule has 2 aromatic carbocycles. The van der Waals surface area contributed by atoms with E-state index in [9.17, 15) is 4.79 Å². The number of nitrogens with one attached hydrogen (secondary N) is 1. The predicted molar refractivity (Wildman–Crippen MR) is 104 cm³/mol. The van der Waals surface area contributed by atoms with Crippen LogP contribution in [0, 0.1) is 0 Å². The Kier molecular flexibility index (Phi) is 5.76. The zero-order valence-electron chi connectivity index (χ0n) is 15.6. The fourth-order valence-corrected chi connectivity index (χ4v) is 2.77. The molecule has 6 heteroatoms. The van der Waals surface area contributed by atoms with Gasteiger partial charge in [-0.15, -0.1) is 0 Å². The number of carbonyl (C=O) groups is 1. The van der Waals surface area contributed by atoms with Gasteiger partial charge in [0, 0.05) is 6.42 Å². The number of amides is 1. The quantitative estimate of drug-likeness (QED) is 0.764. The van der Waals surface area contributed by atoms with Gasteiger partial charge in [0.05, 0.1) is 20.8 Å². The summed E-state index contributed by atoms with van der Waals surface area (Å²) in [6.45, 7) is 2.56. The van der Waals surface area contributed by atoms with E-state index >= 15 is 0 Å². The molecule has 0 bridgehead atoms. The van der Waals surface area contributed by atoms with Gasteiger partial charge in [-0.2, -0.15) is 0 Å². The van der Waals surface area contributed by atoms with Crippen LogP contribution in [-0.4, -0.2) is 32.6 Å². The molecule has 2 aromatic rings. The Hall–Kier alpha value is -3.28. The molecule has 0 radical (unpaired) electrons. The number of amidine groups is 1. The highest BCUT2D eigenvalue weighted by Gasteiger charge is 2.20. The fraction of sp³-hybridized carbons (Fsp3) is 0.238. The van der Waals surface area contributed by atoms with Gasteiger partial charge in [0.1, 0.15) is 17.3 Å². The van der Waals surface area contributed by atoms with Crippen LogP contribution in [0.1, 0.15) is 18.1 Å². The second kappa shape index (κ2) is 8.40. The maximum absolute atomic E-state index is 12.2. The maximum atomic E-state index is 12.2. The topological polar surface area (TPSA) is 69.2 Å². The third-order valence-corrected chi connectivity index (χ3v) is 4.06. The minimum atomic E-state index is -0.209. The van der Waals surface area contributed by atoms with Crippen LogP contribution in [0.25, 0.3) is 6.08 Å². The summed E-state index contributed by atoms with van der Waals surface area (Å²) in [5.74, 6) is 2.50. The van der Waals surface area contributed by atoms with Gasteiger partial charge in [-0.05, 0) is 48.4 Å². The van der Waals surface area contributed by atoms with Gasteiger partial charge in [-0.3, -0.25) is 4.79 Å². The lowest BCUT2D eigenvalue weighted by Gasteiger charge is -2.09. The standard InChI is InChI=1S/C21H22N2O4/c1-4-27-16-8-5-14(6-9-16)11-17-21(24)23-20(22-17)13-15-7-10-18(25-2)19(12-15)26-3/h5-12H,4,13H2,1-3H3,(H,22,23,24)/b17-11+. The number of rotatable bonds is 7. The van der Waals surface area contributed by atoms with Crippen LogP contribution in [0.4, 0.5) is 0 Å². The number of nitrogens with zero attached hydrogens (tertiary/aromatic N) is 1. The smallest absolute Gasteiger partial charge is 0.275 e. The SMILES string of the molecule is CCOc1ccc(/C=C2/N=C(Cc3ccc(OC)c(OC)c3)NC2=O)cc1. The molecule has 27 heavy (non-hydrogen) atoms. The Balaban J connectivity index is 1.75. The zero-order valence-corrected chi connectivity index (χ0v) is 15.6. The molecule has 0 saturated carbocycles. The third-order valence-electron chi connectivity index (χ3n) is 4.06. The van der Waals surface area contributed by atoms with E-state index in [4.69, 9.17) is 14.2 Å². The largest absolute Gasteiger partial charge is 0.494 e.